The molecule has 92 valence electrons. The van der Waals surface area contributed by atoms with Crippen LogP contribution >= 0.6 is 0 Å². The average molecular weight is 232 g/mol. The van der Waals surface area contributed by atoms with Crippen molar-refractivity contribution in [3.05, 3.63) is 35.9 Å². The molecular weight excluding hydrogens is 212 g/mol. The third-order valence-corrected chi connectivity index (χ3v) is 3.38. The number of hydrogen-bond acceptors (Lipinski definition) is 1. The second-order valence-electron chi connectivity index (χ2n) is 4.48. The van der Waals surface area contributed by atoms with Crippen LogP contribution in [0.5, 0.6) is 0 Å². The lowest BCUT2D eigenvalue weighted by Crippen LogP contribution is -2.41. The Morgan fingerprint density at radius 2 is 1.94 bits per heavy atom. The predicted octanol–water partition coefficient (Wildman–Crippen LogP) is 2.59. The van der Waals surface area contributed by atoms with Crippen LogP contribution in [0, 0.1) is 0 Å². The third kappa shape index (κ3) is 2.78. The molecule has 1 N–H and O–H groups in total. The van der Waals surface area contributed by atoms with Crippen molar-refractivity contribution in [2.75, 3.05) is 13.1 Å². The average Bonchev–Trinajstić information content (AvgIpc) is 3.11. The molecule has 3 heteroatoms. The molecule has 2 amide bonds. The summed E-state index contributed by atoms with van der Waals surface area (Å²) in [5.41, 5.74) is 1.33. The number of hydrogen-bond donors (Lipinski definition) is 1. The third-order valence-electron chi connectivity index (χ3n) is 3.38. The van der Waals surface area contributed by atoms with Gasteiger partial charge in [0.1, 0.15) is 0 Å². The topological polar surface area (TPSA) is 32.3 Å². The minimum absolute atomic E-state index is 0.0680. The standard InChI is InChI=1S/C14H20N2O/c1-3-16(4-2)14(17)15-13-10-12(13)11-8-6-5-7-9-11/h5-9,12-13H,3-4,10H2,1-2H3,(H,15,17). The highest BCUT2D eigenvalue weighted by molar-refractivity contribution is 5.75. The Balaban J connectivity index is 1.86. The van der Waals surface area contributed by atoms with Crippen LogP contribution in [-0.2, 0) is 0 Å². The maximum absolute atomic E-state index is 11.8. The van der Waals surface area contributed by atoms with Gasteiger partial charge in [-0.05, 0) is 25.8 Å². The second kappa shape index (κ2) is 5.21. The number of amides is 2. The number of nitrogens with zero attached hydrogens (tertiary/aromatic N) is 1. The summed E-state index contributed by atoms with van der Waals surface area (Å²) in [6.45, 7) is 5.55. The Kier molecular flexibility index (Phi) is 3.67. The molecule has 1 aliphatic carbocycles. The number of carbonyl (C=O) groups is 1. The van der Waals surface area contributed by atoms with Gasteiger partial charge >= 0.3 is 6.03 Å². The fourth-order valence-electron chi connectivity index (χ4n) is 2.18. The van der Waals surface area contributed by atoms with Gasteiger partial charge in [-0.2, -0.15) is 0 Å². The van der Waals surface area contributed by atoms with Gasteiger partial charge in [0, 0.05) is 25.0 Å². The first-order chi connectivity index (χ1) is 8.26. The summed E-state index contributed by atoms with van der Waals surface area (Å²) in [6.07, 6.45) is 1.07. The van der Waals surface area contributed by atoms with E-state index in [0.29, 0.717) is 12.0 Å². The van der Waals surface area contributed by atoms with E-state index in [-0.39, 0.29) is 6.03 Å². The van der Waals surface area contributed by atoms with E-state index in [1.165, 1.54) is 5.56 Å². The molecule has 1 saturated carbocycles. The maximum atomic E-state index is 11.8. The number of rotatable bonds is 4. The molecule has 2 rings (SSSR count). The normalized spacial score (nSPS) is 22.0. The lowest BCUT2D eigenvalue weighted by atomic mass is 10.1. The van der Waals surface area contributed by atoms with Crippen LogP contribution in [-0.4, -0.2) is 30.1 Å². The van der Waals surface area contributed by atoms with Gasteiger partial charge < -0.3 is 10.2 Å². The Labute approximate surface area is 103 Å². The second-order valence-corrected chi connectivity index (χ2v) is 4.48. The van der Waals surface area contributed by atoms with Gasteiger partial charge in [-0.1, -0.05) is 30.3 Å². The Hall–Kier alpha value is -1.51. The zero-order valence-electron chi connectivity index (χ0n) is 10.5. The highest BCUT2D eigenvalue weighted by atomic mass is 16.2. The Morgan fingerprint density at radius 3 is 2.53 bits per heavy atom. The van der Waals surface area contributed by atoms with Gasteiger partial charge in [-0.15, -0.1) is 0 Å². The zero-order valence-corrected chi connectivity index (χ0v) is 10.5. The fourth-order valence-corrected chi connectivity index (χ4v) is 2.18. The fraction of sp³-hybridized carbons (Fsp3) is 0.500. The summed E-state index contributed by atoms with van der Waals surface area (Å²) >= 11 is 0. The summed E-state index contributed by atoms with van der Waals surface area (Å²) in [6, 6.07) is 10.8. The van der Waals surface area contributed by atoms with Crippen LogP contribution < -0.4 is 5.32 Å². The van der Waals surface area contributed by atoms with E-state index in [1.807, 2.05) is 24.8 Å². The molecule has 1 aliphatic rings. The van der Waals surface area contributed by atoms with E-state index in [2.05, 4.69) is 29.6 Å². The molecular formula is C14H20N2O. The summed E-state index contributed by atoms with van der Waals surface area (Å²) in [7, 11) is 0. The lowest BCUT2D eigenvalue weighted by molar-refractivity contribution is 0.202. The molecule has 1 aromatic carbocycles. The molecule has 3 nitrogen and oxygen atoms in total. The molecule has 2 atom stereocenters. The molecule has 0 aromatic heterocycles. The number of benzene rings is 1. The van der Waals surface area contributed by atoms with Gasteiger partial charge in [0.2, 0.25) is 0 Å². The minimum atomic E-state index is 0.0680. The van der Waals surface area contributed by atoms with Crippen molar-refractivity contribution in [1.29, 1.82) is 0 Å². The molecule has 2 unspecified atom stereocenters. The summed E-state index contributed by atoms with van der Waals surface area (Å²) in [4.78, 5) is 13.7. The van der Waals surface area contributed by atoms with Gasteiger partial charge in [-0.3, -0.25) is 0 Å². The molecule has 17 heavy (non-hydrogen) atoms. The number of carbonyl (C=O) groups excluding carboxylic acids is 1. The highest BCUT2D eigenvalue weighted by Gasteiger charge is 2.39. The molecule has 0 bridgehead atoms. The quantitative estimate of drug-likeness (QED) is 0.850. The summed E-state index contributed by atoms with van der Waals surface area (Å²) in [5.74, 6) is 0.510. The van der Waals surface area contributed by atoms with Gasteiger partial charge in [-0.25, -0.2) is 4.79 Å². The van der Waals surface area contributed by atoms with Crippen LogP contribution in [0.15, 0.2) is 30.3 Å². The van der Waals surface area contributed by atoms with Crippen molar-refractivity contribution < 1.29 is 4.79 Å². The van der Waals surface area contributed by atoms with Crippen LogP contribution in [0.25, 0.3) is 0 Å². The van der Waals surface area contributed by atoms with Crippen LogP contribution in [0.2, 0.25) is 0 Å². The van der Waals surface area contributed by atoms with Gasteiger partial charge in [0.05, 0.1) is 0 Å². The largest absolute Gasteiger partial charge is 0.335 e. The zero-order chi connectivity index (χ0) is 12.3. The van der Waals surface area contributed by atoms with Crippen molar-refractivity contribution in [3.63, 3.8) is 0 Å². The number of nitrogens with one attached hydrogen (secondary N) is 1. The molecule has 0 aliphatic heterocycles. The first-order valence-corrected chi connectivity index (χ1v) is 6.36. The first kappa shape index (κ1) is 12.0. The van der Waals surface area contributed by atoms with E-state index in [1.54, 1.807) is 0 Å². The maximum Gasteiger partial charge on any atom is 0.317 e. The predicted molar refractivity (Wildman–Crippen MR) is 69.0 cm³/mol. The Morgan fingerprint density at radius 1 is 1.29 bits per heavy atom. The summed E-state index contributed by atoms with van der Waals surface area (Å²) < 4.78 is 0. The van der Waals surface area contributed by atoms with Crippen molar-refractivity contribution in [1.82, 2.24) is 10.2 Å². The van der Waals surface area contributed by atoms with Gasteiger partial charge in [0.25, 0.3) is 0 Å². The van der Waals surface area contributed by atoms with Gasteiger partial charge in [0.15, 0.2) is 0 Å². The SMILES string of the molecule is CCN(CC)C(=O)NC1CC1c1ccccc1. The molecule has 0 heterocycles. The smallest absolute Gasteiger partial charge is 0.317 e. The summed E-state index contributed by atoms with van der Waals surface area (Å²) in [5, 5.41) is 3.09. The van der Waals surface area contributed by atoms with Crippen LogP contribution in [0.4, 0.5) is 4.79 Å². The van der Waals surface area contributed by atoms with Crippen molar-refractivity contribution in [3.8, 4) is 0 Å². The van der Waals surface area contributed by atoms with Crippen LogP contribution in [0.3, 0.4) is 0 Å². The van der Waals surface area contributed by atoms with Crippen molar-refractivity contribution in [2.45, 2.75) is 32.2 Å². The number of urea groups is 1. The Bertz CT molecular complexity index is 373. The molecule has 0 saturated heterocycles. The van der Waals surface area contributed by atoms with E-state index >= 15 is 0 Å². The van der Waals surface area contributed by atoms with E-state index in [9.17, 15) is 4.79 Å². The molecule has 1 aromatic rings. The van der Waals surface area contributed by atoms with E-state index in [4.69, 9.17) is 0 Å². The molecule has 1 fully saturated rings. The highest BCUT2D eigenvalue weighted by Crippen LogP contribution is 2.40. The monoisotopic (exact) mass is 232 g/mol. The van der Waals surface area contributed by atoms with E-state index < -0.39 is 0 Å². The molecule has 0 spiro atoms. The van der Waals surface area contributed by atoms with Crippen molar-refractivity contribution in [2.24, 2.45) is 0 Å². The van der Waals surface area contributed by atoms with E-state index in [0.717, 1.165) is 19.5 Å². The van der Waals surface area contributed by atoms with Crippen molar-refractivity contribution >= 4 is 6.03 Å². The minimum Gasteiger partial charge on any atom is -0.335 e. The molecule has 0 radical (unpaired) electrons. The first-order valence-electron chi connectivity index (χ1n) is 6.36. The van der Waals surface area contributed by atoms with Crippen LogP contribution in [0.1, 0.15) is 31.7 Å². The lowest BCUT2D eigenvalue weighted by Gasteiger charge is -2.19.